The van der Waals surface area contributed by atoms with Crippen molar-refractivity contribution in [3.63, 3.8) is 0 Å². The highest BCUT2D eigenvalue weighted by Crippen LogP contribution is 2.35. The van der Waals surface area contributed by atoms with Crippen molar-refractivity contribution in [1.29, 1.82) is 0 Å². The van der Waals surface area contributed by atoms with Crippen LogP contribution < -0.4 is 9.75 Å². The molecule has 0 bridgehead atoms. The number of carbonyl (C=O) groups is 1. The minimum absolute atomic E-state index is 0.0784. The average molecular weight is 357 g/mol. The summed E-state index contributed by atoms with van der Waals surface area (Å²) in [6.07, 6.45) is 2.24. The van der Waals surface area contributed by atoms with Gasteiger partial charge >= 0.3 is 0 Å². The number of benzene rings is 2. The minimum Gasteiger partial charge on any atom is -0.494 e. The number of nitrogens with zero attached hydrogens (tertiary/aromatic N) is 3. The van der Waals surface area contributed by atoms with Crippen molar-refractivity contribution >= 4 is 17.3 Å². The number of pyridine rings is 1. The summed E-state index contributed by atoms with van der Waals surface area (Å²) in [6, 6.07) is 22.9. The van der Waals surface area contributed by atoms with Gasteiger partial charge in [-0.15, -0.1) is 0 Å². The number of anilines is 1. The number of hydrazone groups is 1. The molecular weight excluding hydrogens is 338 g/mol. The maximum Gasteiger partial charge on any atom is 0.255 e. The normalized spacial score (nSPS) is 16.8. The molecule has 134 valence electrons. The van der Waals surface area contributed by atoms with E-state index in [2.05, 4.69) is 10.1 Å². The predicted octanol–water partition coefficient (Wildman–Crippen LogP) is 4.02. The molecule has 0 aliphatic carbocycles. The van der Waals surface area contributed by atoms with Gasteiger partial charge in [0.1, 0.15) is 11.4 Å². The van der Waals surface area contributed by atoms with E-state index >= 15 is 0 Å². The van der Waals surface area contributed by atoms with Gasteiger partial charge in [0.25, 0.3) is 5.91 Å². The Balaban J connectivity index is 1.83. The summed E-state index contributed by atoms with van der Waals surface area (Å²) in [4.78, 5) is 17.7. The van der Waals surface area contributed by atoms with Gasteiger partial charge in [-0.3, -0.25) is 9.78 Å². The highest BCUT2D eigenvalue weighted by molar-refractivity contribution is 6.11. The molecule has 27 heavy (non-hydrogen) atoms. The number of aromatic nitrogens is 1. The third kappa shape index (κ3) is 3.31. The van der Waals surface area contributed by atoms with E-state index in [1.165, 1.54) is 5.01 Å². The largest absolute Gasteiger partial charge is 0.494 e. The fourth-order valence-electron chi connectivity index (χ4n) is 3.25. The number of ether oxygens (including phenoxy) is 1. The van der Waals surface area contributed by atoms with Crippen LogP contribution in [0.4, 0.5) is 5.69 Å². The Kier molecular flexibility index (Phi) is 4.66. The van der Waals surface area contributed by atoms with Crippen molar-refractivity contribution in [1.82, 2.24) is 4.98 Å². The first-order valence-electron chi connectivity index (χ1n) is 8.78. The molecule has 0 saturated carbocycles. The zero-order valence-electron chi connectivity index (χ0n) is 14.9. The van der Waals surface area contributed by atoms with Gasteiger partial charge in [-0.1, -0.05) is 48.5 Å². The number of methoxy groups -OCH3 is 1. The van der Waals surface area contributed by atoms with Crippen LogP contribution in [-0.2, 0) is 4.79 Å². The molecular formula is C22H19N3O2. The molecule has 0 spiro atoms. The Morgan fingerprint density at radius 1 is 0.963 bits per heavy atom. The fourth-order valence-corrected chi connectivity index (χ4v) is 3.25. The lowest BCUT2D eigenvalue weighted by molar-refractivity contribution is -0.120. The summed E-state index contributed by atoms with van der Waals surface area (Å²) in [5, 5.41) is 6.09. The smallest absolute Gasteiger partial charge is 0.255 e. The van der Waals surface area contributed by atoms with Crippen molar-refractivity contribution < 1.29 is 9.53 Å². The van der Waals surface area contributed by atoms with Crippen LogP contribution in [-0.4, -0.2) is 23.7 Å². The van der Waals surface area contributed by atoms with E-state index in [1.807, 2.05) is 72.8 Å². The first kappa shape index (κ1) is 17.0. The lowest BCUT2D eigenvalue weighted by atomic mass is 9.90. The second-order valence-corrected chi connectivity index (χ2v) is 6.25. The SMILES string of the molecule is COc1ccccc1N1N=C(c2ccccn2)CC(c2ccccc2)C1=O. The van der Waals surface area contributed by atoms with Crippen molar-refractivity contribution in [2.24, 2.45) is 5.10 Å². The van der Waals surface area contributed by atoms with Crippen molar-refractivity contribution in [2.75, 3.05) is 12.1 Å². The zero-order valence-corrected chi connectivity index (χ0v) is 14.9. The van der Waals surface area contributed by atoms with Gasteiger partial charge in [-0.25, -0.2) is 0 Å². The molecule has 1 aliphatic rings. The molecule has 1 aromatic heterocycles. The summed E-state index contributed by atoms with van der Waals surface area (Å²) < 4.78 is 5.45. The van der Waals surface area contributed by atoms with Crippen LogP contribution in [0.3, 0.4) is 0 Å². The summed E-state index contributed by atoms with van der Waals surface area (Å²) in [7, 11) is 1.59. The molecule has 1 aliphatic heterocycles. The number of hydrogen-bond acceptors (Lipinski definition) is 4. The molecule has 5 heteroatoms. The van der Waals surface area contributed by atoms with Crippen molar-refractivity contribution in [2.45, 2.75) is 12.3 Å². The number of carbonyl (C=O) groups excluding carboxylic acids is 1. The maximum absolute atomic E-state index is 13.3. The molecule has 3 aromatic rings. The first-order valence-corrected chi connectivity index (χ1v) is 8.78. The lowest BCUT2D eigenvalue weighted by Crippen LogP contribution is -2.38. The Bertz CT molecular complexity index is 971. The van der Waals surface area contributed by atoms with Crippen LogP contribution in [0.2, 0.25) is 0 Å². The number of amides is 1. The Morgan fingerprint density at radius 2 is 1.70 bits per heavy atom. The molecule has 2 heterocycles. The first-order chi connectivity index (χ1) is 13.3. The van der Waals surface area contributed by atoms with E-state index < -0.39 is 0 Å². The Labute approximate surface area is 157 Å². The topological polar surface area (TPSA) is 54.8 Å². The van der Waals surface area contributed by atoms with Crippen LogP contribution >= 0.6 is 0 Å². The van der Waals surface area contributed by atoms with E-state index in [1.54, 1.807) is 13.3 Å². The standard InChI is InChI=1S/C22H19N3O2/c1-27-21-13-6-5-12-20(21)25-22(26)17(16-9-3-2-4-10-16)15-19(24-25)18-11-7-8-14-23-18/h2-14,17H,15H2,1H3. The van der Waals surface area contributed by atoms with Crippen molar-refractivity contribution in [3.8, 4) is 5.75 Å². The van der Waals surface area contributed by atoms with E-state index in [4.69, 9.17) is 4.74 Å². The minimum atomic E-state index is -0.328. The zero-order chi connectivity index (χ0) is 18.6. The fraction of sp³-hybridized carbons (Fsp3) is 0.136. The van der Waals surface area contributed by atoms with Gasteiger partial charge < -0.3 is 4.74 Å². The van der Waals surface area contributed by atoms with E-state index in [0.29, 0.717) is 17.9 Å². The van der Waals surface area contributed by atoms with Gasteiger partial charge in [0.2, 0.25) is 0 Å². The van der Waals surface area contributed by atoms with Crippen molar-refractivity contribution in [3.05, 3.63) is 90.3 Å². The molecule has 0 radical (unpaired) electrons. The Hall–Kier alpha value is -3.47. The van der Waals surface area contributed by atoms with Crippen LogP contribution in [0.25, 0.3) is 0 Å². The highest BCUT2D eigenvalue weighted by Gasteiger charge is 2.34. The van der Waals surface area contributed by atoms with Gasteiger partial charge in [-0.05, 0) is 29.8 Å². The van der Waals surface area contributed by atoms with E-state index in [9.17, 15) is 4.79 Å². The quantitative estimate of drug-likeness (QED) is 0.709. The monoisotopic (exact) mass is 357 g/mol. The number of hydrogen-bond donors (Lipinski definition) is 0. The van der Waals surface area contributed by atoms with Gasteiger partial charge in [0.15, 0.2) is 0 Å². The molecule has 0 N–H and O–H groups in total. The van der Waals surface area contributed by atoms with E-state index in [-0.39, 0.29) is 11.8 Å². The van der Waals surface area contributed by atoms with Crippen LogP contribution in [0.15, 0.2) is 84.1 Å². The average Bonchev–Trinajstić information content (AvgIpc) is 2.75. The summed E-state index contributed by atoms with van der Waals surface area (Å²) in [5.41, 5.74) is 3.13. The summed E-state index contributed by atoms with van der Waals surface area (Å²) in [5.74, 6) is 0.194. The third-order valence-corrected chi connectivity index (χ3v) is 4.60. The second kappa shape index (κ2) is 7.41. The van der Waals surface area contributed by atoms with Gasteiger partial charge in [0, 0.05) is 12.6 Å². The number of rotatable bonds is 4. The third-order valence-electron chi connectivity index (χ3n) is 4.60. The molecule has 0 fully saturated rings. The van der Waals surface area contributed by atoms with Gasteiger partial charge in [0.05, 0.1) is 24.4 Å². The molecule has 2 aromatic carbocycles. The number of para-hydroxylation sites is 2. The van der Waals surface area contributed by atoms with Crippen LogP contribution in [0, 0.1) is 0 Å². The molecule has 4 rings (SSSR count). The summed E-state index contributed by atoms with van der Waals surface area (Å²) in [6.45, 7) is 0. The van der Waals surface area contributed by atoms with E-state index in [0.717, 1.165) is 17.0 Å². The second-order valence-electron chi connectivity index (χ2n) is 6.25. The van der Waals surface area contributed by atoms with Gasteiger partial charge in [-0.2, -0.15) is 10.1 Å². The summed E-state index contributed by atoms with van der Waals surface area (Å²) >= 11 is 0. The predicted molar refractivity (Wildman–Crippen MR) is 105 cm³/mol. The van der Waals surface area contributed by atoms with Crippen LogP contribution in [0.1, 0.15) is 23.6 Å². The molecule has 1 unspecified atom stereocenters. The maximum atomic E-state index is 13.3. The highest BCUT2D eigenvalue weighted by atomic mass is 16.5. The molecule has 1 atom stereocenters. The molecule has 0 saturated heterocycles. The van der Waals surface area contributed by atoms with Crippen LogP contribution in [0.5, 0.6) is 5.75 Å². The Morgan fingerprint density at radius 3 is 2.44 bits per heavy atom. The molecule has 1 amide bonds. The lowest BCUT2D eigenvalue weighted by Gasteiger charge is -2.30. The molecule has 5 nitrogen and oxygen atoms in total.